The van der Waals surface area contributed by atoms with E-state index in [0.29, 0.717) is 10.0 Å². The van der Waals surface area contributed by atoms with Crippen LogP contribution in [-0.4, -0.2) is 36.0 Å². The van der Waals surface area contributed by atoms with E-state index in [-0.39, 0.29) is 11.9 Å². The second-order valence-corrected chi connectivity index (χ2v) is 8.38. The molecule has 0 radical (unpaired) electrons. The molecule has 24 heavy (non-hydrogen) atoms. The van der Waals surface area contributed by atoms with Gasteiger partial charge in [-0.15, -0.1) is 11.3 Å². The van der Waals surface area contributed by atoms with Gasteiger partial charge in [0.1, 0.15) is 0 Å². The zero-order valence-corrected chi connectivity index (χ0v) is 15.4. The number of nitrogens with one attached hydrogen (secondary N) is 1. The van der Waals surface area contributed by atoms with Crippen molar-refractivity contribution in [1.29, 1.82) is 0 Å². The molecule has 0 bridgehead atoms. The molecule has 126 valence electrons. The van der Waals surface area contributed by atoms with Crippen molar-refractivity contribution in [3.8, 4) is 10.4 Å². The van der Waals surface area contributed by atoms with Crippen LogP contribution in [0.15, 0.2) is 30.3 Å². The lowest BCUT2D eigenvalue weighted by Gasteiger charge is -2.15. The number of amides is 1. The largest absolute Gasteiger partial charge is 0.347 e. The quantitative estimate of drug-likeness (QED) is 0.834. The zero-order chi connectivity index (χ0) is 16.7. The van der Waals surface area contributed by atoms with Crippen LogP contribution in [0.2, 0.25) is 10.0 Å². The summed E-state index contributed by atoms with van der Waals surface area (Å²) in [5.41, 5.74) is 0.981. The monoisotopic (exact) mass is 380 g/mol. The molecule has 0 spiro atoms. The highest BCUT2D eigenvalue weighted by molar-refractivity contribution is 7.17. The molecule has 1 N–H and O–H groups in total. The van der Waals surface area contributed by atoms with E-state index >= 15 is 0 Å². The standard InChI is InChI=1S/C18H18Cl2N2OS/c19-14-4-1-11(9-15(14)20)16-5-6-17(24-16)18(23)21-12-7-8-22(10-12)13-2-3-13/h1,4-6,9,12-13H,2-3,7-8,10H2,(H,21,23). The molecular weight excluding hydrogens is 363 g/mol. The van der Waals surface area contributed by atoms with Crippen molar-refractivity contribution < 1.29 is 4.79 Å². The van der Waals surface area contributed by atoms with Crippen LogP contribution in [0.5, 0.6) is 0 Å². The smallest absolute Gasteiger partial charge is 0.261 e. The second kappa shape index (κ2) is 6.68. The van der Waals surface area contributed by atoms with Crippen LogP contribution in [0, 0.1) is 0 Å². The van der Waals surface area contributed by atoms with E-state index in [2.05, 4.69) is 10.2 Å². The number of thiophene rings is 1. The minimum atomic E-state index is 0.0222. The maximum absolute atomic E-state index is 12.5. The summed E-state index contributed by atoms with van der Waals surface area (Å²) in [6.45, 7) is 2.09. The lowest BCUT2D eigenvalue weighted by atomic mass is 10.2. The Morgan fingerprint density at radius 1 is 1.12 bits per heavy atom. The fourth-order valence-electron chi connectivity index (χ4n) is 3.20. The van der Waals surface area contributed by atoms with Crippen LogP contribution >= 0.6 is 34.5 Å². The lowest BCUT2D eigenvalue weighted by molar-refractivity contribution is 0.0941. The summed E-state index contributed by atoms with van der Waals surface area (Å²) in [6.07, 6.45) is 3.68. The number of hydrogen-bond acceptors (Lipinski definition) is 3. The minimum absolute atomic E-state index is 0.0222. The predicted molar refractivity (Wildman–Crippen MR) is 100 cm³/mol. The Bertz CT molecular complexity index is 772. The fraction of sp³-hybridized carbons (Fsp3) is 0.389. The van der Waals surface area contributed by atoms with E-state index in [1.54, 1.807) is 6.07 Å². The predicted octanol–water partition coefficient (Wildman–Crippen LogP) is 4.69. The van der Waals surface area contributed by atoms with Gasteiger partial charge in [0.15, 0.2) is 0 Å². The van der Waals surface area contributed by atoms with Gasteiger partial charge < -0.3 is 5.32 Å². The van der Waals surface area contributed by atoms with E-state index in [0.717, 1.165) is 40.9 Å². The maximum atomic E-state index is 12.5. The molecule has 1 saturated heterocycles. The van der Waals surface area contributed by atoms with Crippen molar-refractivity contribution in [1.82, 2.24) is 10.2 Å². The maximum Gasteiger partial charge on any atom is 0.261 e. The summed E-state index contributed by atoms with van der Waals surface area (Å²) in [5.74, 6) is 0.0222. The Labute approximate surface area is 155 Å². The average Bonchev–Trinajstić information content (AvgIpc) is 3.10. The van der Waals surface area contributed by atoms with E-state index < -0.39 is 0 Å². The molecule has 1 unspecified atom stereocenters. The molecule has 2 heterocycles. The molecule has 1 aromatic heterocycles. The summed E-state index contributed by atoms with van der Waals surface area (Å²) >= 11 is 13.5. The topological polar surface area (TPSA) is 32.3 Å². The number of halogens is 2. The number of hydrogen-bond donors (Lipinski definition) is 1. The van der Waals surface area contributed by atoms with Gasteiger partial charge in [-0.05, 0) is 49.1 Å². The highest BCUT2D eigenvalue weighted by atomic mass is 35.5. The third-order valence-electron chi connectivity index (χ3n) is 4.65. The SMILES string of the molecule is O=C(NC1CCN(C2CC2)C1)c1ccc(-c2ccc(Cl)c(Cl)c2)s1. The van der Waals surface area contributed by atoms with Gasteiger partial charge >= 0.3 is 0 Å². The molecule has 2 fully saturated rings. The van der Waals surface area contributed by atoms with Gasteiger partial charge in [0.2, 0.25) is 0 Å². The normalized spacial score (nSPS) is 21.2. The highest BCUT2D eigenvalue weighted by Crippen LogP contribution is 2.33. The van der Waals surface area contributed by atoms with Gasteiger partial charge in [0, 0.05) is 30.1 Å². The molecule has 1 atom stereocenters. The van der Waals surface area contributed by atoms with Crippen LogP contribution in [-0.2, 0) is 0 Å². The molecule has 2 aliphatic rings. The van der Waals surface area contributed by atoms with Crippen molar-refractivity contribution in [2.45, 2.75) is 31.3 Å². The number of benzene rings is 1. The third-order valence-corrected chi connectivity index (χ3v) is 6.52. The number of likely N-dealkylation sites (tertiary alicyclic amines) is 1. The van der Waals surface area contributed by atoms with Crippen LogP contribution in [0.25, 0.3) is 10.4 Å². The van der Waals surface area contributed by atoms with E-state index in [1.807, 2.05) is 24.3 Å². The third kappa shape index (κ3) is 3.47. The zero-order valence-electron chi connectivity index (χ0n) is 13.1. The summed E-state index contributed by atoms with van der Waals surface area (Å²) in [7, 11) is 0. The van der Waals surface area contributed by atoms with Crippen molar-refractivity contribution in [2.24, 2.45) is 0 Å². The highest BCUT2D eigenvalue weighted by Gasteiger charge is 2.34. The molecule has 1 saturated carbocycles. The Morgan fingerprint density at radius 2 is 1.96 bits per heavy atom. The van der Waals surface area contributed by atoms with Crippen molar-refractivity contribution in [3.05, 3.63) is 45.3 Å². The number of carbonyl (C=O) groups excluding carboxylic acids is 1. The van der Waals surface area contributed by atoms with Gasteiger partial charge in [0.05, 0.1) is 14.9 Å². The summed E-state index contributed by atoms with van der Waals surface area (Å²) in [4.78, 5) is 16.7. The summed E-state index contributed by atoms with van der Waals surface area (Å²) < 4.78 is 0. The molecule has 2 aromatic rings. The van der Waals surface area contributed by atoms with Gasteiger partial charge in [-0.2, -0.15) is 0 Å². The first kappa shape index (κ1) is 16.4. The van der Waals surface area contributed by atoms with Gasteiger partial charge in [0.25, 0.3) is 5.91 Å². The number of carbonyl (C=O) groups is 1. The van der Waals surface area contributed by atoms with Crippen LogP contribution in [0.3, 0.4) is 0 Å². The van der Waals surface area contributed by atoms with E-state index in [1.165, 1.54) is 24.2 Å². The van der Waals surface area contributed by atoms with Gasteiger partial charge in [-0.25, -0.2) is 0 Å². The fourth-order valence-corrected chi connectivity index (χ4v) is 4.40. The first-order chi connectivity index (χ1) is 11.6. The molecule has 1 aliphatic heterocycles. The summed E-state index contributed by atoms with van der Waals surface area (Å²) in [6, 6.07) is 10.4. The Hall–Kier alpha value is -1.07. The van der Waals surface area contributed by atoms with Gasteiger partial charge in [-0.3, -0.25) is 9.69 Å². The molecule has 1 aliphatic carbocycles. The molecule has 4 rings (SSSR count). The molecule has 1 amide bonds. The minimum Gasteiger partial charge on any atom is -0.347 e. The summed E-state index contributed by atoms with van der Waals surface area (Å²) in [5, 5.41) is 4.24. The first-order valence-electron chi connectivity index (χ1n) is 8.20. The second-order valence-electron chi connectivity index (χ2n) is 6.48. The Balaban J connectivity index is 1.42. The Kier molecular flexibility index (Phi) is 4.56. The average molecular weight is 381 g/mol. The van der Waals surface area contributed by atoms with Gasteiger partial charge in [-0.1, -0.05) is 29.3 Å². The lowest BCUT2D eigenvalue weighted by Crippen LogP contribution is -2.37. The van der Waals surface area contributed by atoms with Crippen LogP contribution in [0.4, 0.5) is 0 Å². The molecule has 6 heteroatoms. The molecule has 3 nitrogen and oxygen atoms in total. The van der Waals surface area contributed by atoms with Crippen LogP contribution < -0.4 is 5.32 Å². The number of rotatable bonds is 4. The van der Waals surface area contributed by atoms with Crippen LogP contribution in [0.1, 0.15) is 28.9 Å². The molecular formula is C18H18Cl2N2OS. The van der Waals surface area contributed by atoms with Crippen molar-refractivity contribution in [3.63, 3.8) is 0 Å². The first-order valence-corrected chi connectivity index (χ1v) is 9.77. The van der Waals surface area contributed by atoms with E-state index in [9.17, 15) is 4.79 Å². The van der Waals surface area contributed by atoms with E-state index in [4.69, 9.17) is 23.2 Å². The Morgan fingerprint density at radius 3 is 2.71 bits per heavy atom. The number of nitrogens with zero attached hydrogens (tertiary/aromatic N) is 1. The van der Waals surface area contributed by atoms with Crippen molar-refractivity contribution >= 4 is 40.4 Å². The molecule has 1 aromatic carbocycles. The van der Waals surface area contributed by atoms with Crippen molar-refractivity contribution in [2.75, 3.05) is 13.1 Å².